The summed E-state index contributed by atoms with van der Waals surface area (Å²) >= 11 is 0. The Morgan fingerprint density at radius 3 is 2.81 bits per heavy atom. The Morgan fingerprint density at radius 2 is 2.04 bits per heavy atom. The quantitative estimate of drug-likeness (QED) is 0.829. The minimum Gasteiger partial charge on any atom is -0.352 e. The van der Waals surface area contributed by atoms with Gasteiger partial charge >= 0.3 is 0 Å². The molecule has 1 aliphatic rings. The molecule has 8 heteroatoms. The van der Waals surface area contributed by atoms with Gasteiger partial charge in [-0.2, -0.15) is 10.4 Å². The van der Waals surface area contributed by atoms with Crippen LogP contribution in [0.1, 0.15) is 41.5 Å². The van der Waals surface area contributed by atoms with Gasteiger partial charge in [-0.1, -0.05) is 6.92 Å². The van der Waals surface area contributed by atoms with E-state index in [4.69, 9.17) is 0 Å². The van der Waals surface area contributed by atoms with Gasteiger partial charge in [0, 0.05) is 51.3 Å². The van der Waals surface area contributed by atoms with E-state index < -0.39 is 0 Å². The molecular weight excluding hydrogens is 330 g/mol. The SMILES string of the molecule is CCCn1cc(C(=O)N2CCCN(c3nccnc3C#N)CC2)c(C)n1. The fourth-order valence-corrected chi connectivity index (χ4v) is 3.22. The van der Waals surface area contributed by atoms with Crippen LogP contribution in [0.15, 0.2) is 18.6 Å². The molecule has 2 aromatic heterocycles. The van der Waals surface area contributed by atoms with E-state index in [9.17, 15) is 10.1 Å². The van der Waals surface area contributed by atoms with Crippen molar-refractivity contribution in [3.8, 4) is 6.07 Å². The highest BCUT2D eigenvalue weighted by atomic mass is 16.2. The maximum atomic E-state index is 12.9. The van der Waals surface area contributed by atoms with Crippen molar-refractivity contribution in [2.45, 2.75) is 33.2 Å². The Balaban J connectivity index is 1.72. The van der Waals surface area contributed by atoms with Gasteiger partial charge in [0.15, 0.2) is 11.5 Å². The third-order valence-corrected chi connectivity index (χ3v) is 4.50. The molecule has 1 saturated heterocycles. The maximum absolute atomic E-state index is 12.9. The number of aryl methyl sites for hydroxylation is 2. The highest BCUT2D eigenvalue weighted by molar-refractivity contribution is 5.95. The van der Waals surface area contributed by atoms with Crippen molar-refractivity contribution < 1.29 is 4.79 Å². The van der Waals surface area contributed by atoms with Crippen LogP contribution >= 0.6 is 0 Å². The van der Waals surface area contributed by atoms with E-state index in [2.05, 4.69) is 28.1 Å². The molecule has 0 bridgehead atoms. The van der Waals surface area contributed by atoms with Gasteiger partial charge in [0.2, 0.25) is 0 Å². The summed E-state index contributed by atoms with van der Waals surface area (Å²) in [6.45, 7) is 7.40. The van der Waals surface area contributed by atoms with Crippen molar-refractivity contribution in [2.24, 2.45) is 0 Å². The first-order valence-corrected chi connectivity index (χ1v) is 8.93. The van der Waals surface area contributed by atoms with Crippen LogP contribution in [-0.4, -0.2) is 56.7 Å². The smallest absolute Gasteiger partial charge is 0.257 e. The Morgan fingerprint density at radius 1 is 1.23 bits per heavy atom. The summed E-state index contributed by atoms with van der Waals surface area (Å²) in [6.07, 6.45) is 6.75. The normalized spacial score (nSPS) is 14.8. The number of rotatable bonds is 4. The summed E-state index contributed by atoms with van der Waals surface area (Å²) < 4.78 is 1.84. The zero-order valence-corrected chi connectivity index (χ0v) is 15.2. The summed E-state index contributed by atoms with van der Waals surface area (Å²) in [7, 11) is 0. The van der Waals surface area contributed by atoms with E-state index >= 15 is 0 Å². The molecule has 0 saturated carbocycles. The molecule has 2 aromatic rings. The zero-order valence-electron chi connectivity index (χ0n) is 15.2. The molecule has 1 aliphatic heterocycles. The van der Waals surface area contributed by atoms with Crippen molar-refractivity contribution in [3.63, 3.8) is 0 Å². The molecule has 3 rings (SSSR count). The van der Waals surface area contributed by atoms with E-state index in [0.29, 0.717) is 36.7 Å². The lowest BCUT2D eigenvalue weighted by Crippen LogP contribution is -2.35. The van der Waals surface area contributed by atoms with Gasteiger partial charge in [0.25, 0.3) is 5.91 Å². The second kappa shape index (κ2) is 7.95. The van der Waals surface area contributed by atoms with E-state index in [0.717, 1.165) is 31.6 Å². The highest BCUT2D eigenvalue weighted by Gasteiger charge is 2.24. The van der Waals surface area contributed by atoms with Crippen LogP contribution in [0.3, 0.4) is 0 Å². The van der Waals surface area contributed by atoms with Crippen molar-refractivity contribution in [1.29, 1.82) is 5.26 Å². The molecule has 26 heavy (non-hydrogen) atoms. The third kappa shape index (κ3) is 3.67. The van der Waals surface area contributed by atoms with Gasteiger partial charge in [-0.05, 0) is 19.8 Å². The highest BCUT2D eigenvalue weighted by Crippen LogP contribution is 2.18. The second-order valence-electron chi connectivity index (χ2n) is 6.36. The summed E-state index contributed by atoms with van der Waals surface area (Å²) in [5, 5.41) is 13.7. The zero-order chi connectivity index (χ0) is 18.5. The number of hydrogen-bond acceptors (Lipinski definition) is 6. The van der Waals surface area contributed by atoms with Gasteiger partial charge in [0.1, 0.15) is 6.07 Å². The van der Waals surface area contributed by atoms with E-state index in [1.165, 1.54) is 6.20 Å². The van der Waals surface area contributed by atoms with Crippen LogP contribution in [0.4, 0.5) is 5.82 Å². The topological polar surface area (TPSA) is 90.9 Å². The average molecular weight is 353 g/mol. The van der Waals surface area contributed by atoms with E-state index in [1.807, 2.05) is 27.6 Å². The van der Waals surface area contributed by atoms with Crippen LogP contribution in [0.2, 0.25) is 0 Å². The maximum Gasteiger partial charge on any atom is 0.257 e. The van der Waals surface area contributed by atoms with Crippen molar-refractivity contribution >= 4 is 11.7 Å². The Hall–Kier alpha value is -2.95. The minimum absolute atomic E-state index is 0.0198. The summed E-state index contributed by atoms with van der Waals surface area (Å²) in [6, 6.07) is 2.09. The number of carbonyl (C=O) groups is 1. The molecule has 0 atom stereocenters. The summed E-state index contributed by atoms with van der Waals surface area (Å²) in [4.78, 5) is 25.2. The lowest BCUT2D eigenvalue weighted by molar-refractivity contribution is 0.0766. The van der Waals surface area contributed by atoms with Crippen LogP contribution in [0, 0.1) is 18.3 Å². The number of anilines is 1. The molecule has 0 unspecified atom stereocenters. The van der Waals surface area contributed by atoms with Crippen molar-refractivity contribution in [2.75, 3.05) is 31.1 Å². The summed E-state index contributed by atoms with van der Waals surface area (Å²) in [5.41, 5.74) is 1.76. The third-order valence-electron chi connectivity index (χ3n) is 4.50. The van der Waals surface area contributed by atoms with E-state index in [1.54, 1.807) is 6.20 Å². The molecule has 1 fully saturated rings. The monoisotopic (exact) mass is 353 g/mol. The average Bonchev–Trinajstić information content (AvgIpc) is 2.87. The second-order valence-corrected chi connectivity index (χ2v) is 6.36. The van der Waals surface area contributed by atoms with Crippen LogP contribution in [0.25, 0.3) is 0 Å². The predicted octanol–water partition coefficient (Wildman–Crippen LogP) is 1.62. The Bertz CT molecular complexity index is 823. The van der Waals surface area contributed by atoms with Gasteiger partial charge in [0.05, 0.1) is 11.3 Å². The Labute approximate surface area is 153 Å². The lowest BCUT2D eigenvalue weighted by Gasteiger charge is -2.23. The number of aromatic nitrogens is 4. The van der Waals surface area contributed by atoms with Crippen molar-refractivity contribution in [3.05, 3.63) is 35.5 Å². The fraction of sp³-hybridized carbons (Fsp3) is 0.500. The molecule has 0 N–H and O–H groups in total. The number of hydrogen-bond donors (Lipinski definition) is 0. The predicted molar refractivity (Wildman–Crippen MR) is 96.7 cm³/mol. The van der Waals surface area contributed by atoms with E-state index in [-0.39, 0.29) is 5.91 Å². The molecule has 3 heterocycles. The Kier molecular flexibility index (Phi) is 5.46. The van der Waals surface area contributed by atoms with Gasteiger partial charge in [-0.15, -0.1) is 0 Å². The molecule has 8 nitrogen and oxygen atoms in total. The minimum atomic E-state index is 0.0198. The van der Waals surface area contributed by atoms with Crippen LogP contribution in [-0.2, 0) is 6.54 Å². The molecule has 0 spiro atoms. The fourth-order valence-electron chi connectivity index (χ4n) is 3.22. The lowest BCUT2D eigenvalue weighted by atomic mass is 10.2. The first-order chi connectivity index (χ1) is 12.6. The summed E-state index contributed by atoms with van der Waals surface area (Å²) in [5.74, 6) is 0.614. The largest absolute Gasteiger partial charge is 0.352 e. The first kappa shape index (κ1) is 17.9. The number of nitrogens with zero attached hydrogens (tertiary/aromatic N) is 7. The molecular formula is C18H23N7O. The number of nitriles is 1. The number of carbonyl (C=O) groups excluding carboxylic acids is 1. The van der Waals surface area contributed by atoms with Gasteiger partial charge in [-0.25, -0.2) is 9.97 Å². The molecule has 0 radical (unpaired) electrons. The molecule has 1 amide bonds. The molecule has 0 aromatic carbocycles. The standard InChI is InChI=1S/C18H23N7O/c1-3-7-25-13-15(14(2)22-25)18(26)24-9-4-8-23(10-11-24)17-16(12-19)20-5-6-21-17/h5-6,13H,3-4,7-11H2,1-2H3. The molecule has 0 aliphatic carbocycles. The molecule has 136 valence electrons. The van der Waals surface area contributed by atoms with Gasteiger partial charge < -0.3 is 9.80 Å². The first-order valence-electron chi connectivity index (χ1n) is 8.93. The van der Waals surface area contributed by atoms with Crippen LogP contribution < -0.4 is 4.90 Å². The van der Waals surface area contributed by atoms with Gasteiger partial charge in [-0.3, -0.25) is 9.48 Å². The van der Waals surface area contributed by atoms with Crippen molar-refractivity contribution in [1.82, 2.24) is 24.6 Å². The van der Waals surface area contributed by atoms with Crippen LogP contribution in [0.5, 0.6) is 0 Å². The number of amides is 1.